The number of hydrogen-bond acceptors (Lipinski definition) is 3. The van der Waals surface area contributed by atoms with Crippen LogP contribution in [0.2, 0.25) is 0 Å². The van der Waals surface area contributed by atoms with Gasteiger partial charge in [0.1, 0.15) is 6.04 Å². The number of carbonyl (C=O) groups excluding carboxylic acids is 2. The maximum atomic E-state index is 12.0. The van der Waals surface area contributed by atoms with E-state index in [4.69, 9.17) is 5.73 Å². The Morgan fingerprint density at radius 1 is 1.37 bits per heavy atom. The monoisotopic (exact) mass is 261 g/mol. The summed E-state index contributed by atoms with van der Waals surface area (Å²) in [6.07, 6.45) is 2.22. The minimum Gasteiger partial charge on any atom is -0.368 e. The van der Waals surface area contributed by atoms with Crippen LogP contribution in [0, 0.1) is 0 Å². The zero-order valence-electron chi connectivity index (χ0n) is 10.8. The second kappa shape index (κ2) is 6.33. The fourth-order valence-corrected chi connectivity index (χ4v) is 2.25. The Bertz CT molecular complexity index is 441. The van der Waals surface area contributed by atoms with Gasteiger partial charge in [0, 0.05) is 6.42 Å². The first-order valence-electron chi connectivity index (χ1n) is 6.54. The molecule has 4 N–H and O–H groups in total. The summed E-state index contributed by atoms with van der Waals surface area (Å²) in [6, 6.07) is 8.67. The third-order valence-electron chi connectivity index (χ3n) is 3.32. The summed E-state index contributed by atoms with van der Waals surface area (Å²) in [5.74, 6) is -0.646. The molecular weight excluding hydrogens is 242 g/mol. The summed E-state index contributed by atoms with van der Waals surface area (Å²) in [5.41, 5.74) is 6.34. The topological polar surface area (TPSA) is 84.2 Å². The Labute approximate surface area is 112 Å². The maximum Gasteiger partial charge on any atom is 0.240 e. The van der Waals surface area contributed by atoms with Gasteiger partial charge in [0.2, 0.25) is 11.8 Å². The van der Waals surface area contributed by atoms with Crippen molar-refractivity contribution >= 4 is 11.8 Å². The molecule has 0 bridgehead atoms. The highest BCUT2D eigenvalue weighted by atomic mass is 16.2. The van der Waals surface area contributed by atoms with Gasteiger partial charge >= 0.3 is 0 Å². The molecule has 1 aromatic carbocycles. The first-order chi connectivity index (χ1) is 9.16. The van der Waals surface area contributed by atoms with Crippen LogP contribution in [0.1, 0.15) is 18.4 Å². The summed E-state index contributed by atoms with van der Waals surface area (Å²) >= 11 is 0. The molecule has 5 heteroatoms. The summed E-state index contributed by atoms with van der Waals surface area (Å²) < 4.78 is 0. The van der Waals surface area contributed by atoms with Crippen molar-refractivity contribution < 1.29 is 9.59 Å². The summed E-state index contributed by atoms with van der Waals surface area (Å²) in [5, 5.41) is 5.83. The molecule has 2 atom stereocenters. The molecule has 5 nitrogen and oxygen atoms in total. The van der Waals surface area contributed by atoms with Gasteiger partial charge in [-0.25, -0.2) is 0 Å². The third-order valence-corrected chi connectivity index (χ3v) is 3.32. The highest BCUT2D eigenvalue weighted by Crippen LogP contribution is 2.07. The molecule has 1 aliphatic rings. The highest BCUT2D eigenvalue weighted by molar-refractivity contribution is 5.89. The zero-order valence-corrected chi connectivity index (χ0v) is 10.8. The number of hydrogen-bond donors (Lipinski definition) is 3. The predicted molar refractivity (Wildman–Crippen MR) is 72.3 cm³/mol. The van der Waals surface area contributed by atoms with Gasteiger partial charge in [-0.3, -0.25) is 9.59 Å². The van der Waals surface area contributed by atoms with Crippen molar-refractivity contribution in [3.05, 3.63) is 35.9 Å². The first-order valence-corrected chi connectivity index (χ1v) is 6.54. The van der Waals surface area contributed by atoms with Crippen molar-refractivity contribution in [3.8, 4) is 0 Å². The smallest absolute Gasteiger partial charge is 0.240 e. The lowest BCUT2D eigenvalue weighted by atomic mass is 10.0. The lowest BCUT2D eigenvalue weighted by Gasteiger charge is -2.18. The van der Waals surface area contributed by atoms with Crippen LogP contribution in [-0.4, -0.2) is 30.4 Å². The number of rotatable bonds is 5. The number of nitrogens with one attached hydrogen (secondary N) is 2. The molecule has 0 unspecified atom stereocenters. The predicted octanol–water partition coefficient (Wildman–Crippen LogP) is -0.0488. The van der Waals surface area contributed by atoms with Gasteiger partial charge in [0.15, 0.2) is 0 Å². The van der Waals surface area contributed by atoms with Gasteiger partial charge in [0.05, 0.1) is 6.04 Å². The van der Waals surface area contributed by atoms with Gasteiger partial charge in [-0.1, -0.05) is 30.3 Å². The van der Waals surface area contributed by atoms with E-state index in [1.54, 1.807) is 0 Å². The first kappa shape index (κ1) is 13.5. The molecule has 0 aromatic heterocycles. The van der Waals surface area contributed by atoms with Crippen molar-refractivity contribution in [1.82, 2.24) is 10.6 Å². The second-order valence-electron chi connectivity index (χ2n) is 4.80. The van der Waals surface area contributed by atoms with Crippen LogP contribution in [0.15, 0.2) is 30.3 Å². The van der Waals surface area contributed by atoms with E-state index in [2.05, 4.69) is 10.6 Å². The Kier molecular flexibility index (Phi) is 4.52. The van der Waals surface area contributed by atoms with Gasteiger partial charge in [-0.15, -0.1) is 0 Å². The average Bonchev–Trinajstić information content (AvgIpc) is 2.93. The van der Waals surface area contributed by atoms with Crippen LogP contribution in [0.25, 0.3) is 0 Å². The molecule has 2 rings (SSSR count). The lowest BCUT2D eigenvalue weighted by Crippen LogP contribution is -2.51. The Morgan fingerprint density at radius 2 is 2.11 bits per heavy atom. The van der Waals surface area contributed by atoms with Crippen LogP contribution in [0.3, 0.4) is 0 Å². The molecule has 1 aliphatic heterocycles. The van der Waals surface area contributed by atoms with Crippen molar-refractivity contribution in [1.29, 1.82) is 0 Å². The number of nitrogens with two attached hydrogens (primary N) is 1. The molecule has 0 saturated carbocycles. The molecule has 0 radical (unpaired) electrons. The van der Waals surface area contributed by atoms with Gasteiger partial charge < -0.3 is 16.4 Å². The zero-order chi connectivity index (χ0) is 13.7. The van der Waals surface area contributed by atoms with Crippen molar-refractivity contribution in [3.63, 3.8) is 0 Å². The molecule has 102 valence electrons. The fourth-order valence-electron chi connectivity index (χ4n) is 2.25. The quantitative estimate of drug-likeness (QED) is 0.695. The summed E-state index contributed by atoms with van der Waals surface area (Å²) in [7, 11) is 0. The Morgan fingerprint density at radius 3 is 2.68 bits per heavy atom. The van der Waals surface area contributed by atoms with E-state index in [1.807, 2.05) is 30.3 Å². The van der Waals surface area contributed by atoms with E-state index < -0.39 is 11.9 Å². The largest absolute Gasteiger partial charge is 0.368 e. The van der Waals surface area contributed by atoms with E-state index in [0.717, 1.165) is 24.9 Å². The number of primary amides is 1. The van der Waals surface area contributed by atoms with Gasteiger partial charge in [-0.05, 0) is 24.9 Å². The Balaban J connectivity index is 1.96. The van der Waals surface area contributed by atoms with Crippen molar-refractivity contribution in [2.45, 2.75) is 31.3 Å². The van der Waals surface area contributed by atoms with E-state index in [1.165, 1.54) is 0 Å². The number of carbonyl (C=O) groups is 2. The molecule has 2 amide bonds. The molecule has 1 heterocycles. The van der Waals surface area contributed by atoms with E-state index in [-0.39, 0.29) is 11.9 Å². The highest BCUT2D eigenvalue weighted by Gasteiger charge is 2.26. The van der Waals surface area contributed by atoms with Crippen molar-refractivity contribution in [2.75, 3.05) is 6.54 Å². The van der Waals surface area contributed by atoms with E-state index in [0.29, 0.717) is 6.42 Å². The minimum atomic E-state index is -0.655. The van der Waals surface area contributed by atoms with Crippen molar-refractivity contribution in [2.24, 2.45) is 5.73 Å². The molecule has 19 heavy (non-hydrogen) atoms. The van der Waals surface area contributed by atoms with E-state index >= 15 is 0 Å². The van der Waals surface area contributed by atoms with Gasteiger partial charge in [-0.2, -0.15) is 0 Å². The fraction of sp³-hybridized carbons (Fsp3) is 0.429. The SMILES string of the molecule is NC(=O)[C@H](Cc1ccccc1)NC(=O)[C@@H]1CCCN1. The van der Waals surface area contributed by atoms with Crippen LogP contribution in [-0.2, 0) is 16.0 Å². The van der Waals surface area contributed by atoms with Crippen LogP contribution < -0.4 is 16.4 Å². The standard InChI is InChI=1S/C14H19N3O2/c15-13(18)12(9-10-5-2-1-3-6-10)17-14(19)11-7-4-8-16-11/h1-3,5-6,11-12,16H,4,7-9H2,(H2,15,18)(H,17,19)/t11-,12-/m0/s1. The molecule has 0 aliphatic carbocycles. The molecule has 1 fully saturated rings. The van der Waals surface area contributed by atoms with Gasteiger partial charge in [0.25, 0.3) is 0 Å². The summed E-state index contributed by atoms with van der Waals surface area (Å²) in [6.45, 7) is 0.845. The molecule has 0 spiro atoms. The second-order valence-corrected chi connectivity index (χ2v) is 4.80. The van der Waals surface area contributed by atoms with Crippen LogP contribution >= 0.6 is 0 Å². The normalized spacial score (nSPS) is 19.9. The Hall–Kier alpha value is -1.88. The number of benzene rings is 1. The van der Waals surface area contributed by atoms with Crippen LogP contribution in [0.4, 0.5) is 0 Å². The third kappa shape index (κ3) is 3.79. The lowest BCUT2D eigenvalue weighted by molar-refractivity contribution is -0.128. The van der Waals surface area contributed by atoms with Crippen LogP contribution in [0.5, 0.6) is 0 Å². The molecule has 1 saturated heterocycles. The maximum absolute atomic E-state index is 12.0. The summed E-state index contributed by atoms with van der Waals surface area (Å²) in [4.78, 5) is 23.4. The molecule has 1 aromatic rings. The number of amides is 2. The van der Waals surface area contributed by atoms with E-state index in [9.17, 15) is 9.59 Å². The average molecular weight is 261 g/mol. The molecular formula is C14H19N3O2. The minimum absolute atomic E-state index is 0.141.